The van der Waals surface area contributed by atoms with Gasteiger partial charge in [0.25, 0.3) is 5.91 Å². The van der Waals surface area contributed by atoms with Gasteiger partial charge in [-0.3, -0.25) is 19.2 Å². The lowest BCUT2D eigenvalue weighted by Crippen LogP contribution is -2.33. The van der Waals surface area contributed by atoms with E-state index in [1.807, 2.05) is 19.1 Å². The predicted molar refractivity (Wildman–Crippen MR) is 117 cm³/mol. The molecule has 168 valence electrons. The number of hydrogen-bond donors (Lipinski definition) is 2. The summed E-state index contributed by atoms with van der Waals surface area (Å²) in [7, 11) is 1.52. The second-order valence-corrected chi connectivity index (χ2v) is 7.59. The molecule has 3 amide bonds. The number of carbonyl (C=O) groups is 4. The van der Waals surface area contributed by atoms with Crippen LogP contribution in [0.1, 0.15) is 29.3 Å². The van der Waals surface area contributed by atoms with Crippen LogP contribution in [0.15, 0.2) is 42.5 Å². The number of nitrogens with zero attached hydrogens (tertiary/aromatic N) is 1. The molecule has 3 rings (SSSR count). The lowest BCUT2D eigenvalue weighted by molar-refractivity contribution is -0.157. The molecule has 9 nitrogen and oxygen atoms in total. The second kappa shape index (κ2) is 9.51. The Morgan fingerprint density at radius 3 is 2.47 bits per heavy atom. The number of esters is 1. The molecule has 2 atom stereocenters. The molecule has 0 radical (unpaired) electrons. The largest absolute Gasteiger partial charge is 0.495 e. The van der Waals surface area contributed by atoms with Crippen LogP contribution in [-0.4, -0.2) is 43.4 Å². The van der Waals surface area contributed by atoms with Gasteiger partial charge in [-0.1, -0.05) is 6.07 Å². The number of benzene rings is 2. The van der Waals surface area contributed by atoms with Gasteiger partial charge in [0.05, 0.1) is 18.7 Å². The predicted octanol–water partition coefficient (Wildman–Crippen LogP) is 2.03. The van der Waals surface area contributed by atoms with Gasteiger partial charge in [-0.05, 0) is 55.8 Å². The van der Waals surface area contributed by atoms with Crippen molar-refractivity contribution < 1.29 is 28.7 Å². The molecule has 9 heteroatoms. The molecule has 0 spiro atoms. The number of aryl methyl sites for hydroxylation is 1. The fraction of sp³-hybridized carbons (Fsp3) is 0.304. The summed E-state index contributed by atoms with van der Waals surface area (Å²) >= 11 is 0. The zero-order valence-electron chi connectivity index (χ0n) is 18.1. The number of carbonyl (C=O) groups excluding carboxylic acids is 4. The van der Waals surface area contributed by atoms with E-state index >= 15 is 0 Å². The van der Waals surface area contributed by atoms with Gasteiger partial charge in [-0.15, -0.1) is 0 Å². The summed E-state index contributed by atoms with van der Waals surface area (Å²) in [5, 5.41) is 2.61. The number of amides is 3. The Hall–Kier alpha value is -3.88. The number of hydrogen-bond acceptors (Lipinski definition) is 6. The van der Waals surface area contributed by atoms with Crippen molar-refractivity contribution in [2.24, 2.45) is 11.7 Å². The first-order valence-corrected chi connectivity index (χ1v) is 10.1. The standard InChI is InChI=1S/C23H25N3O6/c1-13-4-9-19(31-3)18(10-13)26-12-16(11-20(26)27)23(30)32-14(2)22(29)25-17-7-5-15(6-8-17)21(24)28/h4-10,14,16H,11-12H2,1-3H3,(H2,24,28)(H,25,29). The number of ether oxygens (including phenoxy) is 2. The molecule has 1 saturated heterocycles. The van der Waals surface area contributed by atoms with Crippen LogP contribution in [0.2, 0.25) is 0 Å². The summed E-state index contributed by atoms with van der Waals surface area (Å²) in [6.07, 6.45) is -1.09. The smallest absolute Gasteiger partial charge is 0.312 e. The zero-order valence-corrected chi connectivity index (χ0v) is 18.1. The van der Waals surface area contributed by atoms with Crippen LogP contribution in [0, 0.1) is 12.8 Å². The minimum atomic E-state index is -1.07. The molecular formula is C23H25N3O6. The Kier molecular flexibility index (Phi) is 6.77. The van der Waals surface area contributed by atoms with E-state index in [9.17, 15) is 19.2 Å². The van der Waals surface area contributed by atoms with Gasteiger partial charge < -0.3 is 25.4 Å². The lowest BCUT2D eigenvalue weighted by Gasteiger charge is -2.20. The van der Waals surface area contributed by atoms with Crippen molar-refractivity contribution >= 4 is 35.1 Å². The third-order valence-electron chi connectivity index (χ3n) is 5.18. The third kappa shape index (κ3) is 5.05. The zero-order chi connectivity index (χ0) is 23.4. The van der Waals surface area contributed by atoms with Crippen molar-refractivity contribution in [1.29, 1.82) is 0 Å². The highest BCUT2D eigenvalue weighted by atomic mass is 16.5. The summed E-state index contributed by atoms with van der Waals surface area (Å²) in [5.74, 6) is -2.12. The first-order chi connectivity index (χ1) is 15.2. The van der Waals surface area contributed by atoms with Crippen LogP contribution >= 0.6 is 0 Å². The molecule has 1 aliphatic rings. The van der Waals surface area contributed by atoms with Gasteiger partial charge in [0.1, 0.15) is 5.75 Å². The van der Waals surface area contributed by atoms with E-state index in [1.165, 1.54) is 43.2 Å². The second-order valence-electron chi connectivity index (χ2n) is 7.59. The van der Waals surface area contributed by atoms with Crippen LogP contribution in [0.4, 0.5) is 11.4 Å². The number of nitrogens with two attached hydrogens (primary N) is 1. The molecule has 2 aromatic carbocycles. The number of nitrogens with one attached hydrogen (secondary N) is 1. The summed E-state index contributed by atoms with van der Waals surface area (Å²) in [4.78, 5) is 50.2. The maximum absolute atomic E-state index is 12.6. The van der Waals surface area contributed by atoms with E-state index in [4.69, 9.17) is 15.2 Å². The minimum absolute atomic E-state index is 0.0150. The summed E-state index contributed by atoms with van der Waals surface area (Å²) < 4.78 is 10.6. The molecule has 0 saturated carbocycles. The Balaban J connectivity index is 1.61. The summed E-state index contributed by atoms with van der Waals surface area (Å²) in [5.41, 5.74) is 7.47. The summed E-state index contributed by atoms with van der Waals surface area (Å²) in [6.45, 7) is 3.49. The SMILES string of the molecule is COc1ccc(C)cc1N1CC(C(=O)OC(C)C(=O)Nc2ccc(C(N)=O)cc2)CC1=O. The fourth-order valence-electron chi connectivity index (χ4n) is 3.39. The first-order valence-electron chi connectivity index (χ1n) is 10.1. The van der Waals surface area contributed by atoms with E-state index in [-0.39, 0.29) is 18.9 Å². The van der Waals surface area contributed by atoms with E-state index in [0.29, 0.717) is 22.7 Å². The Labute approximate surface area is 185 Å². The maximum Gasteiger partial charge on any atom is 0.312 e. The molecule has 0 aromatic heterocycles. The van der Waals surface area contributed by atoms with Crippen LogP contribution in [0.3, 0.4) is 0 Å². The molecule has 0 bridgehead atoms. The van der Waals surface area contributed by atoms with Crippen molar-refractivity contribution in [1.82, 2.24) is 0 Å². The number of anilines is 2. The van der Waals surface area contributed by atoms with Crippen molar-refractivity contribution in [3.8, 4) is 5.75 Å². The Morgan fingerprint density at radius 2 is 1.84 bits per heavy atom. The molecule has 1 fully saturated rings. The van der Waals surface area contributed by atoms with Gasteiger partial charge in [-0.2, -0.15) is 0 Å². The monoisotopic (exact) mass is 439 g/mol. The molecule has 1 heterocycles. The highest BCUT2D eigenvalue weighted by Crippen LogP contribution is 2.34. The van der Waals surface area contributed by atoms with Gasteiger partial charge in [0.15, 0.2) is 6.10 Å². The van der Waals surface area contributed by atoms with Crippen LogP contribution in [0.5, 0.6) is 5.75 Å². The lowest BCUT2D eigenvalue weighted by atomic mass is 10.1. The van der Waals surface area contributed by atoms with E-state index in [2.05, 4.69) is 5.32 Å². The van der Waals surface area contributed by atoms with Gasteiger partial charge in [-0.25, -0.2) is 0 Å². The molecule has 1 aliphatic heterocycles. The molecule has 0 aliphatic carbocycles. The Bertz CT molecular complexity index is 1050. The first kappa shape index (κ1) is 22.8. The average Bonchev–Trinajstić information content (AvgIpc) is 3.15. The highest BCUT2D eigenvalue weighted by Gasteiger charge is 2.38. The molecule has 3 N–H and O–H groups in total. The third-order valence-corrected chi connectivity index (χ3v) is 5.18. The van der Waals surface area contributed by atoms with Crippen molar-refractivity contribution in [3.63, 3.8) is 0 Å². The Morgan fingerprint density at radius 1 is 1.16 bits per heavy atom. The number of methoxy groups -OCH3 is 1. The molecule has 32 heavy (non-hydrogen) atoms. The van der Waals surface area contributed by atoms with E-state index in [1.54, 1.807) is 6.07 Å². The quantitative estimate of drug-likeness (QED) is 0.636. The number of rotatable bonds is 7. The van der Waals surface area contributed by atoms with Gasteiger partial charge >= 0.3 is 5.97 Å². The number of primary amides is 1. The van der Waals surface area contributed by atoms with Crippen LogP contribution < -0.4 is 20.7 Å². The topological polar surface area (TPSA) is 128 Å². The van der Waals surface area contributed by atoms with Crippen molar-refractivity contribution in [3.05, 3.63) is 53.6 Å². The van der Waals surface area contributed by atoms with Gasteiger partial charge in [0.2, 0.25) is 11.8 Å². The summed E-state index contributed by atoms with van der Waals surface area (Å²) in [6, 6.07) is 11.5. The average molecular weight is 439 g/mol. The highest BCUT2D eigenvalue weighted by molar-refractivity contribution is 6.01. The normalized spacial score (nSPS) is 16.4. The van der Waals surface area contributed by atoms with Crippen molar-refractivity contribution in [2.75, 3.05) is 23.9 Å². The van der Waals surface area contributed by atoms with E-state index in [0.717, 1.165) is 5.56 Å². The molecular weight excluding hydrogens is 414 g/mol. The molecule has 2 aromatic rings. The van der Waals surface area contributed by atoms with Crippen molar-refractivity contribution in [2.45, 2.75) is 26.4 Å². The molecule has 2 unspecified atom stereocenters. The maximum atomic E-state index is 12.6. The van der Waals surface area contributed by atoms with Gasteiger partial charge in [0, 0.05) is 24.2 Å². The van der Waals surface area contributed by atoms with Crippen LogP contribution in [-0.2, 0) is 19.1 Å². The minimum Gasteiger partial charge on any atom is -0.495 e. The van der Waals surface area contributed by atoms with E-state index < -0.39 is 29.8 Å². The fourth-order valence-corrected chi connectivity index (χ4v) is 3.39. The van der Waals surface area contributed by atoms with Crippen LogP contribution in [0.25, 0.3) is 0 Å².